The van der Waals surface area contributed by atoms with Crippen molar-refractivity contribution < 1.29 is 0 Å². The minimum Gasteiger partial charge on any atom is -0.294 e. The lowest BCUT2D eigenvalue weighted by Crippen LogP contribution is -2.46. The predicted octanol–water partition coefficient (Wildman–Crippen LogP) is 3.82. The number of hydrogen-bond acceptors (Lipinski definition) is 3. The van der Waals surface area contributed by atoms with Gasteiger partial charge in [-0.1, -0.05) is 13.3 Å². The predicted molar refractivity (Wildman–Crippen MR) is 79.0 cm³/mol. The largest absolute Gasteiger partial charge is 0.294 e. The van der Waals surface area contributed by atoms with E-state index in [1.54, 1.807) is 4.88 Å². The fourth-order valence-corrected chi connectivity index (χ4v) is 4.60. The summed E-state index contributed by atoms with van der Waals surface area (Å²) in [5.41, 5.74) is 1.51. The quantitative estimate of drug-likeness (QED) is 0.819. The lowest BCUT2D eigenvalue weighted by molar-refractivity contribution is 0.0887. The van der Waals surface area contributed by atoms with Gasteiger partial charge in [-0.3, -0.25) is 4.90 Å². The molecule has 3 heteroatoms. The van der Waals surface area contributed by atoms with E-state index in [1.807, 2.05) is 11.3 Å². The van der Waals surface area contributed by atoms with Gasteiger partial charge in [-0.05, 0) is 48.6 Å². The molecule has 2 aliphatic rings. The van der Waals surface area contributed by atoms with Crippen LogP contribution in [0.4, 0.5) is 0 Å². The highest BCUT2D eigenvalue weighted by atomic mass is 32.1. The van der Waals surface area contributed by atoms with Crippen molar-refractivity contribution in [2.24, 2.45) is 11.8 Å². The van der Waals surface area contributed by atoms with Gasteiger partial charge in [0.1, 0.15) is 0 Å². The fraction of sp³-hybridized carbons (Fsp3) is 0.688. The summed E-state index contributed by atoms with van der Waals surface area (Å²) < 4.78 is 0. The van der Waals surface area contributed by atoms with Crippen molar-refractivity contribution in [2.75, 3.05) is 6.54 Å². The van der Waals surface area contributed by atoms with E-state index < -0.39 is 0 Å². The molecule has 102 valence electrons. The summed E-state index contributed by atoms with van der Waals surface area (Å²) >= 11 is 1.89. The molecule has 0 spiro atoms. The molecule has 0 bridgehead atoms. The molecule has 0 aromatic carbocycles. The van der Waals surface area contributed by atoms with Crippen molar-refractivity contribution in [3.05, 3.63) is 21.9 Å². The van der Waals surface area contributed by atoms with Crippen LogP contribution in [0.5, 0.6) is 0 Å². The highest BCUT2D eigenvalue weighted by Crippen LogP contribution is 2.36. The fourth-order valence-electron chi connectivity index (χ4n) is 3.71. The van der Waals surface area contributed by atoms with E-state index in [1.165, 1.54) is 31.2 Å². The van der Waals surface area contributed by atoms with Crippen LogP contribution in [0, 0.1) is 23.2 Å². The summed E-state index contributed by atoms with van der Waals surface area (Å²) in [6.07, 6.45) is 6.04. The molecule has 0 radical (unpaired) electrons. The molecular formula is C16H22N2S. The molecule has 3 unspecified atom stereocenters. The van der Waals surface area contributed by atoms with E-state index in [4.69, 9.17) is 0 Å². The minimum atomic E-state index is 0.253. The van der Waals surface area contributed by atoms with Gasteiger partial charge in [-0.15, -0.1) is 11.3 Å². The van der Waals surface area contributed by atoms with Crippen molar-refractivity contribution in [3.63, 3.8) is 0 Å². The third kappa shape index (κ3) is 2.57. The van der Waals surface area contributed by atoms with E-state index in [0.29, 0.717) is 6.04 Å². The van der Waals surface area contributed by atoms with Crippen molar-refractivity contribution in [2.45, 2.75) is 51.6 Å². The Kier molecular flexibility index (Phi) is 3.91. The van der Waals surface area contributed by atoms with Gasteiger partial charge in [0.15, 0.2) is 0 Å². The Morgan fingerprint density at radius 2 is 2.37 bits per heavy atom. The molecule has 1 aromatic heterocycles. The lowest BCUT2D eigenvalue weighted by Gasteiger charge is -2.41. The average Bonchev–Trinajstić information content (AvgIpc) is 2.93. The van der Waals surface area contributed by atoms with Crippen LogP contribution in [0.25, 0.3) is 0 Å². The zero-order valence-electron chi connectivity index (χ0n) is 11.6. The maximum atomic E-state index is 9.43. The van der Waals surface area contributed by atoms with Crippen LogP contribution < -0.4 is 0 Å². The van der Waals surface area contributed by atoms with Crippen molar-refractivity contribution in [1.82, 2.24) is 4.90 Å². The Labute approximate surface area is 120 Å². The van der Waals surface area contributed by atoms with E-state index in [9.17, 15) is 5.26 Å². The van der Waals surface area contributed by atoms with Gasteiger partial charge in [0.2, 0.25) is 0 Å². The summed E-state index contributed by atoms with van der Waals surface area (Å²) in [6, 6.07) is 5.34. The molecule has 0 amide bonds. The first-order valence-corrected chi connectivity index (χ1v) is 8.38. The molecule has 3 rings (SSSR count). The molecule has 2 nitrogen and oxygen atoms in total. The van der Waals surface area contributed by atoms with Crippen molar-refractivity contribution >= 4 is 11.3 Å². The Morgan fingerprint density at radius 3 is 3.16 bits per heavy atom. The number of nitrogens with zero attached hydrogens (tertiary/aromatic N) is 2. The first-order valence-electron chi connectivity index (χ1n) is 7.50. The van der Waals surface area contributed by atoms with E-state index in [2.05, 4.69) is 29.3 Å². The molecule has 3 atom stereocenters. The van der Waals surface area contributed by atoms with Gasteiger partial charge in [0.05, 0.1) is 12.0 Å². The lowest BCUT2D eigenvalue weighted by atomic mass is 9.76. The number of thiophene rings is 1. The van der Waals surface area contributed by atoms with Gasteiger partial charge in [0.25, 0.3) is 0 Å². The van der Waals surface area contributed by atoms with Crippen LogP contribution in [0.15, 0.2) is 11.4 Å². The van der Waals surface area contributed by atoms with Crippen molar-refractivity contribution in [3.8, 4) is 6.07 Å². The molecule has 19 heavy (non-hydrogen) atoms. The number of hydrogen-bond donors (Lipinski definition) is 0. The second-order valence-electron chi connectivity index (χ2n) is 5.98. The van der Waals surface area contributed by atoms with Gasteiger partial charge in [-0.25, -0.2) is 0 Å². The summed E-state index contributed by atoms with van der Waals surface area (Å²) in [5.74, 6) is 1.08. The molecule has 1 fully saturated rings. The standard InChI is InChI=1S/C16H22N2S/c1-2-12-3-4-13(10-17)15(9-12)18-7-5-16-14(11-18)6-8-19-16/h6,8,12-13,15H,2-5,7,9,11H2,1H3. The first-order chi connectivity index (χ1) is 9.31. The third-order valence-corrected chi connectivity index (χ3v) is 6.00. The number of rotatable bonds is 2. The normalized spacial score (nSPS) is 31.7. The van der Waals surface area contributed by atoms with E-state index in [0.717, 1.165) is 25.4 Å². The first kappa shape index (κ1) is 13.1. The molecule has 0 N–H and O–H groups in total. The molecule has 1 saturated carbocycles. The summed E-state index contributed by atoms with van der Waals surface area (Å²) in [4.78, 5) is 4.15. The van der Waals surface area contributed by atoms with Crippen LogP contribution in [-0.2, 0) is 13.0 Å². The van der Waals surface area contributed by atoms with Gasteiger partial charge in [-0.2, -0.15) is 5.26 Å². The van der Waals surface area contributed by atoms with E-state index >= 15 is 0 Å². The van der Waals surface area contributed by atoms with Gasteiger partial charge in [0, 0.05) is 24.0 Å². The smallest absolute Gasteiger partial charge is 0.0672 e. The molecule has 2 heterocycles. The van der Waals surface area contributed by atoms with Crippen LogP contribution in [0.2, 0.25) is 0 Å². The number of nitriles is 1. The number of fused-ring (bicyclic) bond motifs is 1. The highest BCUT2D eigenvalue weighted by molar-refractivity contribution is 7.10. The second-order valence-corrected chi connectivity index (χ2v) is 6.98. The topological polar surface area (TPSA) is 27.0 Å². The van der Waals surface area contributed by atoms with E-state index in [-0.39, 0.29) is 5.92 Å². The summed E-state index contributed by atoms with van der Waals surface area (Å²) in [7, 11) is 0. The molecule has 1 aromatic rings. The molecule has 0 saturated heterocycles. The maximum Gasteiger partial charge on any atom is 0.0672 e. The second kappa shape index (κ2) is 5.64. The SMILES string of the molecule is CCC1CCC(C#N)C(N2CCc3sccc3C2)C1. The van der Waals surface area contributed by atoms with Crippen LogP contribution in [0.3, 0.4) is 0 Å². The molecule has 1 aliphatic heterocycles. The van der Waals surface area contributed by atoms with Crippen LogP contribution in [0.1, 0.15) is 43.0 Å². The Hall–Kier alpha value is -0.850. The third-order valence-electron chi connectivity index (χ3n) is 4.97. The van der Waals surface area contributed by atoms with Crippen LogP contribution in [-0.4, -0.2) is 17.5 Å². The molecule has 1 aliphatic carbocycles. The Bertz CT molecular complexity index is 473. The Balaban J connectivity index is 1.75. The monoisotopic (exact) mass is 274 g/mol. The van der Waals surface area contributed by atoms with Gasteiger partial charge < -0.3 is 0 Å². The van der Waals surface area contributed by atoms with Crippen molar-refractivity contribution in [1.29, 1.82) is 5.26 Å². The zero-order chi connectivity index (χ0) is 13.2. The highest BCUT2D eigenvalue weighted by Gasteiger charge is 2.35. The van der Waals surface area contributed by atoms with Crippen LogP contribution >= 0.6 is 11.3 Å². The Morgan fingerprint density at radius 1 is 1.47 bits per heavy atom. The summed E-state index contributed by atoms with van der Waals surface area (Å²) in [5, 5.41) is 11.6. The molecular weight excluding hydrogens is 252 g/mol. The van der Waals surface area contributed by atoms with Gasteiger partial charge >= 0.3 is 0 Å². The zero-order valence-corrected chi connectivity index (χ0v) is 12.5. The summed E-state index contributed by atoms with van der Waals surface area (Å²) in [6.45, 7) is 4.51. The average molecular weight is 274 g/mol. The maximum absolute atomic E-state index is 9.43. The minimum absolute atomic E-state index is 0.253.